The van der Waals surface area contributed by atoms with Crippen LogP contribution in [0.5, 0.6) is 0 Å². The Balaban J connectivity index is 1.68. The molecule has 0 saturated carbocycles. The number of benzene rings is 2. The average molecular weight is 421 g/mol. The lowest BCUT2D eigenvalue weighted by Crippen LogP contribution is -2.36. The van der Waals surface area contributed by atoms with E-state index in [1.807, 2.05) is 0 Å². The minimum atomic E-state index is -4.50. The fraction of sp³-hybridized carbons (Fsp3) is 0.200. The van der Waals surface area contributed by atoms with Crippen LogP contribution in [0, 0.1) is 0 Å². The number of rotatable bonds is 3. The normalized spacial score (nSPS) is 18.6. The number of hydrogen-bond acceptors (Lipinski definition) is 3. The first-order chi connectivity index (χ1) is 13.8. The third-order valence-corrected chi connectivity index (χ3v) is 5.04. The van der Waals surface area contributed by atoms with Crippen molar-refractivity contribution in [2.75, 3.05) is 10.6 Å². The van der Waals surface area contributed by atoms with Crippen molar-refractivity contribution in [1.29, 1.82) is 0 Å². The Bertz CT molecular complexity index is 1020. The number of nitrogens with zero attached hydrogens (tertiary/aromatic N) is 2. The number of anilines is 2. The third kappa shape index (κ3) is 3.93. The molecule has 0 bridgehead atoms. The van der Waals surface area contributed by atoms with Gasteiger partial charge in [0.05, 0.1) is 12.2 Å². The number of carbonyl (C=O) groups is 1. The van der Waals surface area contributed by atoms with Gasteiger partial charge in [-0.1, -0.05) is 41.9 Å². The van der Waals surface area contributed by atoms with Crippen LogP contribution in [0.2, 0.25) is 5.02 Å². The molecule has 1 aliphatic heterocycles. The molecule has 3 aromatic rings. The first-order valence-electron chi connectivity index (χ1n) is 8.85. The molecule has 0 fully saturated rings. The molecule has 29 heavy (non-hydrogen) atoms. The van der Waals surface area contributed by atoms with Crippen molar-refractivity contribution in [3.8, 4) is 0 Å². The molecule has 1 aliphatic rings. The number of nitrogens with one attached hydrogen (secondary N) is 2. The molecular weight excluding hydrogens is 405 g/mol. The molecule has 0 spiro atoms. The second-order valence-electron chi connectivity index (χ2n) is 6.71. The van der Waals surface area contributed by atoms with E-state index >= 15 is 0 Å². The summed E-state index contributed by atoms with van der Waals surface area (Å²) >= 11 is 5.83. The Kier molecular flexibility index (Phi) is 4.96. The Labute approximate surface area is 169 Å². The van der Waals surface area contributed by atoms with Crippen molar-refractivity contribution in [2.45, 2.75) is 24.7 Å². The highest BCUT2D eigenvalue weighted by Crippen LogP contribution is 2.44. The highest BCUT2D eigenvalue weighted by atomic mass is 35.5. The van der Waals surface area contributed by atoms with E-state index in [0.717, 1.165) is 10.9 Å². The lowest BCUT2D eigenvalue weighted by Gasteiger charge is -2.34. The lowest BCUT2D eigenvalue weighted by molar-refractivity contribution is -0.173. The SMILES string of the molecule is O=C(Nc1ccc(Cl)cc1)c1cnn2c1N[C@@H](c1ccccc1)C[C@@H]2C(F)(F)F. The molecule has 1 aromatic heterocycles. The molecule has 150 valence electrons. The maximum atomic E-state index is 13.7. The molecule has 4 rings (SSSR count). The second kappa shape index (κ2) is 7.44. The summed E-state index contributed by atoms with van der Waals surface area (Å²) in [6, 6.07) is 12.8. The molecule has 9 heteroatoms. The predicted molar refractivity (Wildman–Crippen MR) is 104 cm³/mol. The van der Waals surface area contributed by atoms with Gasteiger partial charge >= 0.3 is 6.18 Å². The van der Waals surface area contributed by atoms with Gasteiger partial charge in [-0.15, -0.1) is 0 Å². The van der Waals surface area contributed by atoms with E-state index in [1.54, 1.807) is 54.6 Å². The van der Waals surface area contributed by atoms with E-state index in [2.05, 4.69) is 15.7 Å². The third-order valence-electron chi connectivity index (χ3n) is 4.79. The van der Waals surface area contributed by atoms with Crippen molar-refractivity contribution < 1.29 is 18.0 Å². The zero-order valence-corrected chi connectivity index (χ0v) is 15.7. The highest BCUT2D eigenvalue weighted by Gasteiger charge is 2.47. The standard InChI is InChI=1S/C20H16ClF3N4O/c21-13-6-8-14(9-7-13)26-19(29)15-11-25-28-17(20(22,23)24)10-16(27-18(15)28)12-4-2-1-3-5-12/h1-9,11,16-17,27H,10H2,(H,26,29)/t16-,17-/m1/s1. The van der Waals surface area contributed by atoms with Crippen LogP contribution >= 0.6 is 11.6 Å². The summed E-state index contributed by atoms with van der Waals surface area (Å²) in [5, 5.41) is 10.1. The first-order valence-corrected chi connectivity index (χ1v) is 9.23. The number of halogens is 4. The highest BCUT2D eigenvalue weighted by molar-refractivity contribution is 6.30. The maximum absolute atomic E-state index is 13.7. The summed E-state index contributed by atoms with van der Waals surface area (Å²) in [5.41, 5.74) is 1.22. The average Bonchev–Trinajstić information content (AvgIpc) is 3.13. The first kappa shape index (κ1) is 19.3. The molecule has 2 atom stereocenters. The van der Waals surface area contributed by atoms with Crippen LogP contribution in [0.1, 0.15) is 34.4 Å². The van der Waals surface area contributed by atoms with E-state index in [1.165, 1.54) is 0 Å². The number of hydrogen-bond donors (Lipinski definition) is 2. The van der Waals surface area contributed by atoms with Crippen molar-refractivity contribution >= 4 is 29.0 Å². The van der Waals surface area contributed by atoms with E-state index < -0.39 is 24.2 Å². The summed E-state index contributed by atoms with van der Waals surface area (Å²) in [4.78, 5) is 12.7. The summed E-state index contributed by atoms with van der Waals surface area (Å²) in [6.07, 6.45) is -3.57. The van der Waals surface area contributed by atoms with Crippen LogP contribution in [-0.2, 0) is 0 Å². The Morgan fingerprint density at radius 1 is 1.14 bits per heavy atom. The maximum Gasteiger partial charge on any atom is 0.410 e. The monoisotopic (exact) mass is 420 g/mol. The van der Waals surface area contributed by atoms with Gasteiger partial charge in [-0.25, -0.2) is 4.68 Å². The van der Waals surface area contributed by atoms with Gasteiger partial charge < -0.3 is 10.6 Å². The fourth-order valence-corrected chi connectivity index (χ4v) is 3.49. The van der Waals surface area contributed by atoms with Gasteiger partial charge in [0.15, 0.2) is 6.04 Å². The predicted octanol–water partition coefficient (Wildman–Crippen LogP) is 5.45. The number of alkyl halides is 3. The zero-order chi connectivity index (χ0) is 20.6. The second-order valence-corrected chi connectivity index (χ2v) is 7.15. The number of fused-ring (bicyclic) bond motifs is 1. The van der Waals surface area contributed by atoms with Gasteiger partial charge in [0.2, 0.25) is 0 Å². The summed E-state index contributed by atoms with van der Waals surface area (Å²) in [6.45, 7) is 0. The van der Waals surface area contributed by atoms with Gasteiger partial charge in [-0.3, -0.25) is 4.79 Å². The van der Waals surface area contributed by atoms with Crippen LogP contribution in [-0.4, -0.2) is 21.9 Å². The Morgan fingerprint density at radius 3 is 2.48 bits per heavy atom. The van der Waals surface area contributed by atoms with Crippen molar-refractivity contribution in [3.63, 3.8) is 0 Å². The minimum absolute atomic E-state index is 0.0369. The largest absolute Gasteiger partial charge is 0.410 e. The Morgan fingerprint density at radius 2 is 1.83 bits per heavy atom. The quantitative estimate of drug-likeness (QED) is 0.592. The summed E-state index contributed by atoms with van der Waals surface area (Å²) < 4.78 is 42.0. The topological polar surface area (TPSA) is 59.0 Å². The van der Waals surface area contributed by atoms with Crippen LogP contribution in [0.4, 0.5) is 24.7 Å². The van der Waals surface area contributed by atoms with Crippen molar-refractivity contribution in [3.05, 3.63) is 76.9 Å². The molecular formula is C20H16ClF3N4O. The van der Waals surface area contributed by atoms with Crippen LogP contribution in [0.3, 0.4) is 0 Å². The van der Waals surface area contributed by atoms with Gasteiger partial charge in [-0.05, 0) is 29.8 Å². The number of amides is 1. The van der Waals surface area contributed by atoms with Gasteiger partial charge in [0.25, 0.3) is 5.91 Å². The number of carbonyl (C=O) groups excluding carboxylic acids is 1. The molecule has 1 amide bonds. The fourth-order valence-electron chi connectivity index (χ4n) is 3.36. The van der Waals surface area contributed by atoms with E-state index in [0.29, 0.717) is 16.3 Å². The van der Waals surface area contributed by atoms with Crippen molar-refractivity contribution in [2.24, 2.45) is 0 Å². The lowest BCUT2D eigenvalue weighted by atomic mass is 9.96. The summed E-state index contributed by atoms with van der Waals surface area (Å²) in [7, 11) is 0. The minimum Gasteiger partial charge on any atom is -0.363 e. The molecule has 0 saturated heterocycles. The number of aromatic nitrogens is 2. The van der Waals surface area contributed by atoms with Crippen LogP contribution in [0.15, 0.2) is 60.8 Å². The molecule has 0 radical (unpaired) electrons. The zero-order valence-electron chi connectivity index (χ0n) is 14.9. The molecule has 2 N–H and O–H groups in total. The molecule has 2 heterocycles. The van der Waals surface area contributed by atoms with Crippen molar-refractivity contribution in [1.82, 2.24) is 9.78 Å². The van der Waals surface area contributed by atoms with Crippen LogP contribution < -0.4 is 10.6 Å². The molecule has 0 unspecified atom stereocenters. The van der Waals surface area contributed by atoms with E-state index in [9.17, 15) is 18.0 Å². The smallest absolute Gasteiger partial charge is 0.363 e. The molecule has 5 nitrogen and oxygen atoms in total. The van der Waals surface area contributed by atoms with Crippen LogP contribution in [0.25, 0.3) is 0 Å². The molecule has 0 aliphatic carbocycles. The van der Waals surface area contributed by atoms with Gasteiger partial charge in [0.1, 0.15) is 11.4 Å². The molecule has 2 aromatic carbocycles. The Hall–Kier alpha value is -3.00. The van der Waals surface area contributed by atoms with E-state index in [4.69, 9.17) is 11.6 Å². The van der Waals surface area contributed by atoms with E-state index in [-0.39, 0.29) is 17.8 Å². The summed E-state index contributed by atoms with van der Waals surface area (Å²) in [5.74, 6) is -0.519. The van der Waals surface area contributed by atoms with Gasteiger partial charge in [0, 0.05) is 17.1 Å². The van der Waals surface area contributed by atoms with Gasteiger partial charge in [-0.2, -0.15) is 18.3 Å².